The molecule has 2 nitrogen and oxygen atoms in total. The highest BCUT2D eigenvalue weighted by atomic mass is 35.5. The van der Waals surface area contributed by atoms with Gasteiger partial charge in [-0.3, -0.25) is 4.79 Å². The van der Waals surface area contributed by atoms with Crippen LogP contribution in [-0.2, 0) is 0 Å². The lowest BCUT2D eigenvalue weighted by molar-refractivity contribution is 0.103. The summed E-state index contributed by atoms with van der Waals surface area (Å²) in [5.41, 5.74) is 0.965. The van der Waals surface area contributed by atoms with Gasteiger partial charge in [0, 0.05) is 10.6 Å². The average molecular weight is 269 g/mol. The highest BCUT2D eigenvalue weighted by Crippen LogP contribution is 2.25. The van der Waals surface area contributed by atoms with Gasteiger partial charge in [-0.2, -0.15) is 0 Å². The lowest BCUT2D eigenvalue weighted by atomic mass is 10.0. The van der Waals surface area contributed by atoms with Crippen LogP contribution < -0.4 is 0 Å². The molecule has 0 unspecified atom stereocenters. The van der Waals surface area contributed by atoms with Gasteiger partial charge in [-0.1, -0.05) is 23.2 Å². The highest BCUT2D eigenvalue weighted by Gasteiger charge is 2.18. The first kappa shape index (κ1) is 12.2. The van der Waals surface area contributed by atoms with Crippen molar-refractivity contribution in [3.05, 3.63) is 57.0 Å². The normalized spacial score (nSPS) is 10.6. The SMILES string of the molecule is Cc1cc(C(=O)c2ccc(Cl)cc2Cl)c(C)o1. The van der Waals surface area contributed by atoms with Crippen molar-refractivity contribution in [2.45, 2.75) is 13.8 Å². The van der Waals surface area contributed by atoms with Crippen LogP contribution in [0.4, 0.5) is 0 Å². The predicted octanol–water partition coefficient (Wildman–Crippen LogP) is 4.43. The number of carbonyl (C=O) groups excluding carboxylic acids is 1. The first-order valence-electron chi connectivity index (χ1n) is 5.06. The van der Waals surface area contributed by atoms with Gasteiger partial charge < -0.3 is 4.42 Å². The topological polar surface area (TPSA) is 30.2 Å². The Morgan fingerprint density at radius 1 is 1.12 bits per heavy atom. The standard InChI is InChI=1S/C13H10Cl2O2/c1-7-5-11(8(2)17-7)13(16)10-4-3-9(14)6-12(10)15/h3-6H,1-2H3. The summed E-state index contributed by atoms with van der Waals surface area (Å²) >= 11 is 11.8. The van der Waals surface area contributed by atoms with Gasteiger partial charge in [0.2, 0.25) is 0 Å². The van der Waals surface area contributed by atoms with Gasteiger partial charge in [-0.25, -0.2) is 0 Å². The van der Waals surface area contributed by atoms with Crippen molar-refractivity contribution in [2.75, 3.05) is 0 Å². The van der Waals surface area contributed by atoms with E-state index < -0.39 is 0 Å². The van der Waals surface area contributed by atoms with Crippen LogP contribution in [0.2, 0.25) is 10.0 Å². The second kappa shape index (κ2) is 4.55. The molecule has 0 fully saturated rings. The fraction of sp³-hybridized carbons (Fsp3) is 0.154. The van der Waals surface area contributed by atoms with Gasteiger partial charge in [-0.05, 0) is 38.1 Å². The Hall–Kier alpha value is -1.25. The number of aryl methyl sites for hydroxylation is 2. The summed E-state index contributed by atoms with van der Waals surface area (Å²) in [7, 11) is 0. The Kier molecular flexibility index (Phi) is 3.27. The number of benzene rings is 1. The summed E-state index contributed by atoms with van der Waals surface area (Å²) in [6.07, 6.45) is 0. The van der Waals surface area contributed by atoms with Crippen molar-refractivity contribution >= 4 is 29.0 Å². The molecule has 0 bridgehead atoms. The molecule has 1 aromatic carbocycles. The Morgan fingerprint density at radius 3 is 2.35 bits per heavy atom. The maximum atomic E-state index is 12.2. The van der Waals surface area contributed by atoms with E-state index in [0.717, 1.165) is 0 Å². The molecule has 0 saturated heterocycles. The van der Waals surface area contributed by atoms with Crippen molar-refractivity contribution < 1.29 is 9.21 Å². The van der Waals surface area contributed by atoms with Gasteiger partial charge in [0.1, 0.15) is 11.5 Å². The van der Waals surface area contributed by atoms with Gasteiger partial charge in [-0.15, -0.1) is 0 Å². The number of carbonyl (C=O) groups is 1. The summed E-state index contributed by atoms with van der Waals surface area (Å²) in [6, 6.07) is 6.53. The lowest BCUT2D eigenvalue weighted by Gasteiger charge is -2.02. The number of ketones is 1. The third kappa shape index (κ3) is 2.38. The summed E-state index contributed by atoms with van der Waals surface area (Å²) in [4.78, 5) is 12.2. The zero-order valence-corrected chi connectivity index (χ0v) is 10.9. The van der Waals surface area contributed by atoms with Crippen LogP contribution in [0.1, 0.15) is 27.4 Å². The first-order chi connectivity index (χ1) is 7.99. The van der Waals surface area contributed by atoms with Gasteiger partial charge in [0.25, 0.3) is 0 Å². The maximum Gasteiger partial charge on any atom is 0.198 e. The fourth-order valence-electron chi connectivity index (χ4n) is 1.67. The van der Waals surface area contributed by atoms with E-state index in [9.17, 15) is 4.79 Å². The van der Waals surface area contributed by atoms with E-state index in [-0.39, 0.29) is 5.78 Å². The van der Waals surface area contributed by atoms with E-state index in [2.05, 4.69) is 0 Å². The minimum Gasteiger partial charge on any atom is -0.466 e. The number of hydrogen-bond acceptors (Lipinski definition) is 2. The quantitative estimate of drug-likeness (QED) is 0.755. The van der Waals surface area contributed by atoms with E-state index in [0.29, 0.717) is 32.7 Å². The molecular weight excluding hydrogens is 259 g/mol. The molecule has 0 radical (unpaired) electrons. The molecule has 0 atom stereocenters. The summed E-state index contributed by atoms with van der Waals surface area (Å²) < 4.78 is 5.33. The molecule has 17 heavy (non-hydrogen) atoms. The molecule has 4 heteroatoms. The molecule has 0 aliphatic rings. The van der Waals surface area contributed by atoms with E-state index in [1.807, 2.05) is 0 Å². The van der Waals surface area contributed by atoms with Crippen molar-refractivity contribution in [1.29, 1.82) is 0 Å². The predicted molar refractivity (Wildman–Crippen MR) is 68.1 cm³/mol. The zero-order chi connectivity index (χ0) is 12.6. The van der Waals surface area contributed by atoms with Crippen LogP contribution in [0.15, 0.2) is 28.7 Å². The summed E-state index contributed by atoms with van der Waals surface area (Å²) in [5.74, 6) is 1.15. The minimum absolute atomic E-state index is 0.152. The third-order valence-corrected chi connectivity index (χ3v) is 3.01. The monoisotopic (exact) mass is 268 g/mol. The molecule has 0 saturated carbocycles. The summed E-state index contributed by atoms with van der Waals surface area (Å²) in [5, 5.41) is 0.854. The maximum absolute atomic E-state index is 12.2. The molecule has 0 amide bonds. The van der Waals surface area contributed by atoms with Crippen LogP contribution in [0.3, 0.4) is 0 Å². The molecule has 2 rings (SSSR count). The molecule has 1 heterocycles. The second-order valence-corrected chi connectivity index (χ2v) is 4.62. The number of furan rings is 1. The van der Waals surface area contributed by atoms with Crippen LogP contribution in [0.5, 0.6) is 0 Å². The Morgan fingerprint density at radius 2 is 1.82 bits per heavy atom. The van der Waals surface area contributed by atoms with Crippen molar-refractivity contribution in [3.63, 3.8) is 0 Å². The second-order valence-electron chi connectivity index (χ2n) is 3.78. The molecule has 88 valence electrons. The van der Waals surface area contributed by atoms with E-state index >= 15 is 0 Å². The van der Waals surface area contributed by atoms with Crippen LogP contribution in [0.25, 0.3) is 0 Å². The first-order valence-corrected chi connectivity index (χ1v) is 5.81. The average Bonchev–Trinajstić information content (AvgIpc) is 2.57. The summed E-state index contributed by atoms with van der Waals surface area (Å²) in [6.45, 7) is 3.55. The largest absolute Gasteiger partial charge is 0.466 e. The Balaban J connectivity index is 2.47. The Bertz CT molecular complexity index is 585. The molecule has 0 aliphatic carbocycles. The van der Waals surface area contributed by atoms with E-state index in [1.54, 1.807) is 38.1 Å². The van der Waals surface area contributed by atoms with E-state index in [4.69, 9.17) is 27.6 Å². The number of rotatable bonds is 2. The smallest absolute Gasteiger partial charge is 0.198 e. The zero-order valence-electron chi connectivity index (χ0n) is 9.38. The fourth-order valence-corrected chi connectivity index (χ4v) is 2.17. The van der Waals surface area contributed by atoms with Crippen molar-refractivity contribution in [1.82, 2.24) is 0 Å². The number of halogens is 2. The van der Waals surface area contributed by atoms with Gasteiger partial charge in [0.05, 0.1) is 10.6 Å². The van der Waals surface area contributed by atoms with Crippen molar-refractivity contribution in [3.8, 4) is 0 Å². The minimum atomic E-state index is -0.152. The van der Waals surface area contributed by atoms with Gasteiger partial charge >= 0.3 is 0 Å². The Labute approximate surface area is 109 Å². The highest BCUT2D eigenvalue weighted by molar-refractivity contribution is 6.37. The van der Waals surface area contributed by atoms with Crippen LogP contribution in [0, 0.1) is 13.8 Å². The van der Waals surface area contributed by atoms with Crippen molar-refractivity contribution in [2.24, 2.45) is 0 Å². The van der Waals surface area contributed by atoms with E-state index in [1.165, 1.54) is 0 Å². The van der Waals surface area contributed by atoms with Crippen LogP contribution >= 0.6 is 23.2 Å². The molecule has 0 spiro atoms. The third-order valence-electron chi connectivity index (χ3n) is 2.46. The number of hydrogen-bond donors (Lipinski definition) is 0. The molecule has 0 aliphatic heterocycles. The van der Waals surface area contributed by atoms with Gasteiger partial charge in [0.15, 0.2) is 5.78 Å². The molecule has 2 aromatic rings. The molecule has 0 N–H and O–H groups in total. The molecule has 1 aromatic heterocycles. The lowest BCUT2D eigenvalue weighted by Crippen LogP contribution is -2.02. The van der Waals surface area contributed by atoms with Crippen LogP contribution in [-0.4, -0.2) is 5.78 Å². The molecular formula is C13H10Cl2O2.